The van der Waals surface area contributed by atoms with Crippen LogP contribution in [0.15, 0.2) is 6.20 Å². The Morgan fingerprint density at radius 2 is 2.03 bits per heavy atom. The lowest BCUT2D eigenvalue weighted by molar-refractivity contribution is 0.0269. The van der Waals surface area contributed by atoms with Gasteiger partial charge in [0.1, 0.15) is 16.9 Å². The van der Waals surface area contributed by atoms with E-state index in [1.165, 1.54) is 6.20 Å². The van der Waals surface area contributed by atoms with Crippen LogP contribution >= 0.6 is 23.2 Å². The molecule has 1 saturated heterocycles. The average Bonchev–Trinajstić information content (AvgIpc) is 2.97. The van der Waals surface area contributed by atoms with Crippen molar-refractivity contribution < 1.29 is 13.9 Å². The van der Waals surface area contributed by atoms with Crippen molar-refractivity contribution >= 4 is 46.0 Å². The fourth-order valence-electron chi connectivity index (χ4n) is 3.44. The molecule has 3 rings (SSSR count). The molecular weight excluding hydrogens is 420 g/mol. The molecule has 0 aliphatic carbocycles. The van der Waals surface area contributed by atoms with Crippen LogP contribution in [0.4, 0.5) is 15.0 Å². The minimum Gasteiger partial charge on any atom is -0.444 e. The van der Waals surface area contributed by atoms with Gasteiger partial charge >= 0.3 is 6.09 Å². The van der Waals surface area contributed by atoms with Crippen molar-refractivity contribution in [3.8, 4) is 0 Å². The number of hydrogen-bond donors (Lipinski definition) is 0. The Hall–Kier alpha value is -1.93. The first kappa shape index (κ1) is 21.8. The fraction of sp³-hybridized carbons (Fsp3) is 0.579. The normalized spacial score (nSPS) is 19.7. The van der Waals surface area contributed by atoms with Gasteiger partial charge in [-0.2, -0.15) is 4.98 Å². The van der Waals surface area contributed by atoms with Crippen LogP contribution in [0.2, 0.25) is 10.4 Å². The maximum Gasteiger partial charge on any atom is 0.410 e. The lowest BCUT2D eigenvalue weighted by Gasteiger charge is -2.27. The molecule has 1 amide bonds. The third-order valence-electron chi connectivity index (χ3n) is 4.88. The highest BCUT2D eigenvalue weighted by molar-refractivity contribution is 6.30. The summed E-state index contributed by atoms with van der Waals surface area (Å²) >= 11 is 11.8. The molecule has 7 nitrogen and oxygen atoms in total. The summed E-state index contributed by atoms with van der Waals surface area (Å²) in [5, 5.41) is 0.130. The van der Waals surface area contributed by atoms with Crippen LogP contribution in [0.1, 0.15) is 27.7 Å². The van der Waals surface area contributed by atoms with E-state index in [-0.39, 0.29) is 33.9 Å². The number of anilines is 1. The number of rotatable bonds is 3. The Morgan fingerprint density at radius 3 is 2.69 bits per heavy atom. The Balaban J connectivity index is 1.81. The highest BCUT2D eigenvalue weighted by Crippen LogP contribution is 2.34. The predicted molar refractivity (Wildman–Crippen MR) is 111 cm³/mol. The Bertz CT molecular complexity index is 937. The average molecular weight is 444 g/mol. The summed E-state index contributed by atoms with van der Waals surface area (Å²) in [5.41, 5.74) is -0.504. The van der Waals surface area contributed by atoms with E-state index >= 15 is 0 Å². The molecule has 0 N–H and O–H groups in total. The topological polar surface area (TPSA) is 71.5 Å². The van der Waals surface area contributed by atoms with Crippen LogP contribution in [0.5, 0.6) is 0 Å². The molecule has 158 valence electrons. The smallest absolute Gasteiger partial charge is 0.410 e. The van der Waals surface area contributed by atoms with Gasteiger partial charge in [-0.3, -0.25) is 0 Å². The summed E-state index contributed by atoms with van der Waals surface area (Å²) in [6.07, 6.45) is 1.09. The van der Waals surface area contributed by atoms with Crippen molar-refractivity contribution in [2.24, 2.45) is 11.8 Å². The Labute approximate surface area is 179 Å². The van der Waals surface area contributed by atoms with Crippen LogP contribution in [0, 0.1) is 17.7 Å². The number of fused-ring (bicyclic) bond motifs is 1. The van der Waals surface area contributed by atoms with E-state index in [0.29, 0.717) is 30.8 Å². The highest BCUT2D eigenvalue weighted by Gasteiger charge is 2.34. The maximum absolute atomic E-state index is 14.4. The van der Waals surface area contributed by atoms with Gasteiger partial charge in [-0.15, -0.1) is 0 Å². The van der Waals surface area contributed by atoms with Crippen LogP contribution in [-0.2, 0) is 4.74 Å². The molecule has 2 atom stereocenters. The highest BCUT2D eigenvalue weighted by atomic mass is 35.5. The molecule has 0 spiro atoms. The van der Waals surface area contributed by atoms with E-state index in [4.69, 9.17) is 27.9 Å². The van der Waals surface area contributed by atoms with Gasteiger partial charge in [0, 0.05) is 32.9 Å². The van der Waals surface area contributed by atoms with Gasteiger partial charge in [-0.25, -0.2) is 19.2 Å². The quantitative estimate of drug-likeness (QED) is 0.516. The van der Waals surface area contributed by atoms with Gasteiger partial charge in [0.05, 0.1) is 5.39 Å². The van der Waals surface area contributed by atoms with Crippen molar-refractivity contribution in [3.05, 3.63) is 22.5 Å². The molecule has 1 fully saturated rings. The molecule has 1 aliphatic heterocycles. The first-order valence-corrected chi connectivity index (χ1v) is 10.1. The third-order valence-corrected chi connectivity index (χ3v) is 5.31. The number of amides is 1. The summed E-state index contributed by atoms with van der Waals surface area (Å²) < 4.78 is 19.8. The molecule has 1 aliphatic rings. The van der Waals surface area contributed by atoms with Crippen molar-refractivity contribution in [1.82, 2.24) is 19.9 Å². The van der Waals surface area contributed by atoms with Gasteiger partial charge in [0.25, 0.3) is 0 Å². The molecule has 0 unspecified atom stereocenters. The number of carbonyl (C=O) groups is 1. The van der Waals surface area contributed by atoms with Gasteiger partial charge < -0.3 is 14.5 Å². The summed E-state index contributed by atoms with van der Waals surface area (Å²) in [6, 6.07) is 0. The number of hydrogen-bond acceptors (Lipinski definition) is 6. The minimum absolute atomic E-state index is 0.0435. The van der Waals surface area contributed by atoms with Gasteiger partial charge in [-0.05, 0) is 44.2 Å². The number of carbonyl (C=O) groups excluding carboxylic acids is 1. The second-order valence-electron chi connectivity index (χ2n) is 8.44. The van der Waals surface area contributed by atoms with Crippen molar-refractivity contribution in [2.45, 2.75) is 33.3 Å². The van der Waals surface area contributed by atoms with Crippen molar-refractivity contribution in [3.63, 3.8) is 0 Å². The van der Waals surface area contributed by atoms with Crippen LogP contribution in [-0.4, -0.2) is 58.2 Å². The molecule has 3 heterocycles. The molecule has 2 aromatic heterocycles. The molecular formula is C19H24Cl2FN5O2. The molecule has 0 bridgehead atoms. The summed E-state index contributed by atoms with van der Waals surface area (Å²) in [5.74, 6) is 0.246. The first-order valence-electron chi connectivity index (χ1n) is 9.32. The van der Waals surface area contributed by atoms with Crippen LogP contribution in [0.3, 0.4) is 0 Å². The zero-order valence-corrected chi connectivity index (χ0v) is 18.6. The SMILES string of the molecule is C[C@@H]1CN(c2nc(Cl)nc3c(F)c(Cl)ncc23)C[C@@H]1CN(C)C(=O)OC(C)(C)C. The fourth-order valence-corrected chi connectivity index (χ4v) is 3.75. The van der Waals surface area contributed by atoms with Gasteiger partial charge in [0.15, 0.2) is 11.0 Å². The van der Waals surface area contributed by atoms with E-state index < -0.39 is 11.4 Å². The largest absolute Gasteiger partial charge is 0.444 e. The summed E-state index contributed by atoms with van der Waals surface area (Å²) in [6.45, 7) is 9.45. The summed E-state index contributed by atoms with van der Waals surface area (Å²) in [7, 11) is 1.72. The molecule has 2 aromatic rings. The molecule has 0 saturated carbocycles. The van der Waals surface area contributed by atoms with Gasteiger partial charge in [0.2, 0.25) is 5.28 Å². The zero-order chi connectivity index (χ0) is 21.5. The maximum atomic E-state index is 14.4. The monoisotopic (exact) mass is 443 g/mol. The number of pyridine rings is 1. The van der Waals surface area contributed by atoms with E-state index in [2.05, 4.69) is 21.9 Å². The number of ether oxygens (including phenoxy) is 1. The second-order valence-corrected chi connectivity index (χ2v) is 9.14. The molecule has 29 heavy (non-hydrogen) atoms. The minimum atomic E-state index is -0.719. The number of halogens is 3. The Morgan fingerprint density at radius 1 is 1.34 bits per heavy atom. The predicted octanol–water partition coefficient (Wildman–Crippen LogP) is 4.41. The Kier molecular flexibility index (Phi) is 6.06. The number of aromatic nitrogens is 3. The van der Waals surface area contributed by atoms with Crippen LogP contribution < -0.4 is 4.90 Å². The van der Waals surface area contributed by atoms with Gasteiger partial charge in [-0.1, -0.05) is 18.5 Å². The standard InChI is InChI=1S/C19H24Cl2FN5O2/c1-10-7-27(9-11(10)8-26(5)18(28)29-19(2,3)4)16-12-6-23-15(20)13(22)14(12)24-17(21)25-16/h6,10-11H,7-9H2,1-5H3/t10-,11+/m1/s1. The van der Waals surface area contributed by atoms with Crippen LogP contribution in [0.25, 0.3) is 10.9 Å². The summed E-state index contributed by atoms with van der Waals surface area (Å²) in [4.78, 5) is 28.1. The van der Waals surface area contributed by atoms with E-state index in [1.54, 1.807) is 11.9 Å². The lowest BCUT2D eigenvalue weighted by Crippen LogP contribution is -2.38. The van der Waals surface area contributed by atoms with E-state index in [9.17, 15) is 9.18 Å². The third kappa shape index (κ3) is 4.80. The van der Waals surface area contributed by atoms with E-state index in [0.717, 1.165) is 0 Å². The van der Waals surface area contributed by atoms with E-state index in [1.807, 2.05) is 25.7 Å². The number of nitrogens with zero attached hydrogens (tertiary/aromatic N) is 5. The lowest BCUT2D eigenvalue weighted by atomic mass is 9.98. The molecule has 0 aromatic carbocycles. The molecule has 10 heteroatoms. The van der Waals surface area contributed by atoms with Crippen molar-refractivity contribution in [2.75, 3.05) is 31.6 Å². The molecule has 0 radical (unpaired) electrons. The van der Waals surface area contributed by atoms with Crippen molar-refractivity contribution in [1.29, 1.82) is 0 Å². The first-order chi connectivity index (χ1) is 13.5. The zero-order valence-electron chi connectivity index (χ0n) is 17.0. The second kappa shape index (κ2) is 8.07.